The normalized spacial score (nSPS) is 18.1. The van der Waals surface area contributed by atoms with Gasteiger partial charge in [0.1, 0.15) is 0 Å². The molecule has 0 spiro atoms. The molecule has 0 aliphatic carbocycles. The first kappa shape index (κ1) is 34.2. The van der Waals surface area contributed by atoms with Crippen molar-refractivity contribution < 1.29 is 52.7 Å². The van der Waals surface area contributed by atoms with Crippen molar-refractivity contribution in [2.45, 2.75) is 52.0 Å². The average molecular weight is 486 g/mol. The van der Waals surface area contributed by atoms with E-state index in [1.807, 2.05) is 4.72 Å². The third-order valence-electron chi connectivity index (χ3n) is 3.48. The van der Waals surface area contributed by atoms with Gasteiger partial charge in [-0.15, -0.1) is 0 Å². The largest absolute Gasteiger partial charge is 0.481 e. The first-order valence-electron chi connectivity index (χ1n) is 9.09. The van der Waals surface area contributed by atoms with E-state index in [1.54, 1.807) is 0 Å². The van der Waals surface area contributed by atoms with Gasteiger partial charge in [0.05, 0.1) is 6.04 Å². The van der Waals surface area contributed by atoms with Gasteiger partial charge < -0.3 is 31.7 Å². The standard InChI is InChI=1S/C10H23BN4O5S.2C2H4O2.CO2/c1-7(12)10(16)14-21(19,20)15-5-8(9(13)6-15)3-2-4-11(17)18;2*1-2(3)4;2-1-3/h7-9,17-18H,2-6,12-13H2,1H3,(H,14,16);2*1H3,(H,3,4);/t7?,8-,9-;;;/m0.../s1. The molecule has 1 fully saturated rings. The predicted octanol–water partition coefficient (Wildman–Crippen LogP) is -3.19. The van der Waals surface area contributed by atoms with E-state index in [2.05, 4.69) is 0 Å². The van der Waals surface area contributed by atoms with Gasteiger partial charge >= 0.3 is 23.5 Å². The molecular weight excluding hydrogens is 455 g/mol. The summed E-state index contributed by atoms with van der Waals surface area (Å²) in [6, 6.07) is -1.26. The Labute approximate surface area is 186 Å². The van der Waals surface area contributed by atoms with E-state index in [0.717, 1.165) is 18.2 Å². The van der Waals surface area contributed by atoms with Crippen LogP contribution in [0.1, 0.15) is 33.6 Å². The highest BCUT2D eigenvalue weighted by atomic mass is 32.2. The fraction of sp³-hybridized carbons (Fsp3) is 0.733. The molecule has 0 bridgehead atoms. The van der Waals surface area contributed by atoms with E-state index >= 15 is 0 Å². The van der Waals surface area contributed by atoms with Crippen molar-refractivity contribution in [3.05, 3.63) is 0 Å². The zero-order valence-electron chi connectivity index (χ0n) is 18.0. The van der Waals surface area contributed by atoms with E-state index in [0.29, 0.717) is 12.8 Å². The number of carbonyl (C=O) groups is 3. The highest BCUT2D eigenvalue weighted by Crippen LogP contribution is 2.23. The molecule has 0 aromatic carbocycles. The van der Waals surface area contributed by atoms with E-state index in [9.17, 15) is 13.2 Å². The number of carbonyl (C=O) groups excluding carboxylic acids is 3. The lowest BCUT2D eigenvalue weighted by Crippen LogP contribution is -2.48. The Morgan fingerprint density at radius 2 is 1.56 bits per heavy atom. The second kappa shape index (κ2) is 18.2. The van der Waals surface area contributed by atoms with Crippen LogP contribution in [0.3, 0.4) is 0 Å². The Hall–Kier alpha value is -2.40. The van der Waals surface area contributed by atoms with Gasteiger partial charge in [-0.05, 0) is 25.6 Å². The van der Waals surface area contributed by atoms with Crippen molar-refractivity contribution in [3.8, 4) is 0 Å². The second-order valence-corrected chi connectivity index (χ2v) is 8.20. The summed E-state index contributed by atoms with van der Waals surface area (Å²) in [5.74, 6) is -2.51. The third-order valence-corrected chi connectivity index (χ3v) is 4.92. The maximum absolute atomic E-state index is 12.0. The number of nitrogens with two attached hydrogens (primary N) is 2. The molecule has 1 heterocycles. The van der Waals surface area contributed by atoms with Crippen LogP contribution < -0.4 is 16.2 Å². The molecular formula is C15H31BN4O11S. The number of amides is 1. The molecule has 1 amide bonds. The van der Waals surface area contributed by atoms with Crippen molar-refractivity contribution in [1.29, 1.82) is 0 Å². The fourth-order valence-corrected chi connectivity index (χ4v) is 3.53. The quantitative estimate of drug-likeness (QED) is 0.175. The van der Waals surface area contributed by atoms with Crippen LogP contribution in [0.15, 0.2) is 0 Å². The van der Waals surface area contributed by atoms with Crippen LogP contribution in [-0.2, 0) is 34.2 Å². The highest BCUT2D eigenvalue weighted by Gasteiger charge is 2.37. The molecule has 9 N–H and O–H groups in total. The molecule has 1 saturated heterocycles. The molecule has 186 valence electrons. The molecule has 1 unspecified atom stereocenters. The lowest BCUT2D eigenvalue weighted by Gasteiger charge is -2.17. The highest BCUT2D eigenvalue weighted by molar-refractivity contribution is 7.87. The van der Waals surface area contributed by atoms with E-state index in [4.69, 9.17) is 50.9 Å². The second-order valence-electron chi connectivity index (χ2n) is 6.53. The predicted molar refractivity (Wildman–Crippen MR) is 110 cm³/mol. The van der Waals surface area contributed by atoms with Crippen LogP contribution in [0.5, 0.6) is 0 Å². The number of hydrogen-bond acceptors (Lipinski definition) is 11. The maximum Gasteiger partial charge on any atom is 0.451 e. The van der Waals surface area contributed by atoms with Crippen molar-refractivity contribution in [1.82, 2.24) is 9.03 Å². The fourth-order valence-electron chi connectivity index (χ4n) is 2.20. The lowest BCUT2D eigenvalue weighted by molar-refractivity contribution is -0.191. The molecule has 32 heavy (non-hydrogen) atoms. The van der Waals surface area contributed by atoms with Crippen LogP contribution in [-0.4, -0.2) is 89.3 Å². The van der Waals surface area contributed by atoms with Crippen LogP contribution in [0.2, 0.25) is 6.32 Å². The first-order chi connectivity index (χ1) is 14.5. The van der Waals surface area contributed by atoms with E-state index in [1.165, 1.54) is 6.92 Å². The number of aliphatic carboxylic acids is 2. The minimum absolute atomic E-state index is 0.0780. The minimum atomic E-state index is -3.94. The summed E-state index contributed by atoms with van der Waals surface area (Å²) >= 11 is 0. The summed E-state index contributed by atoms with van der Waals surface area (Å²) in [5, 5.41) is 32.4. The van der Waals surface area contributed by atoms with Crippen molar-refractivity contribution >= 4 is 41.3 Å². The Morgan fingerprint density at radius 3 is 1.91 bits per heavy atom. The van der Waals surface area contributed by atoms with E-state index < -0.39 is 41.2 Å². The molecule has 0 aromatic heterocycles. The average Bonchev–Trinajstić information content (AvgIpc) is 2.96. The van der Waals surface area contributed by atoms with Crippen LogP contribution in [0.25, 0.3) is 0 Å². The topological polar surface area (TPSA) is 268 Å². The minimum Gasteiger partial charge on any atom is -0.481 e. The summed E-state index contributed by atoms with van der Waals surface area (Å²) < 4.78 is 27.1. The summed E-state index contributed by atoms with van der Waals surface area (Å²) in [5.41, 5.74) is 11.2. The summed E-state index contributed by atoms with van der Waals surface area (Å²) in [7, 11) is -5.30. The zero-order valence-corrected chi connectivity index (χ0v) is 18.8. The smallest absolute Gasteiger partial charge is 0.451 e. The molecule has 0 aromatic rings. The zero-order chi connectivity index (χ0) is 26.1. The van der Waals surface area contributed by atoms with Crippen LogP contribution in [0, 0.1) is 5.92 Å². The van der Waals surface area contributed by atoms with Gasteiger partial charge in [0.15, 0.2) is 0 Å². The third kappa shape index (κ3) is 20.9. The Kier molecular flexibility index (Phi) is 19.5. The van der Waals surface area contributed by atoms with Crippen LogP contribution >= 0.6 is 0 Å². The number of hydrogen-bond donors (Lipinski definition) is 7. The Bertz CT molecular complexity index is 692. The summed E-state index contributed by atoms with van der Waals surface area (Å²) in [4.78, 5) is 45.6. The number of carboxylic acid groups (broad SMARTS) is 2. The van der Waals surface area contributed by atoms with Crippen molar-refractivity contribution in [2.24, 2.45) is 17.4 Å². The molecule has 1 aliphatic rings. The van der Waals surface area contributed by atoms with Gasteiger partial charge in [0, 0.05) is 33.0 Å². The molecule has 0 radical (unpaired) electrons. The van der Waals surface area contributed by atoms with E-state index in [-0.39, 0.29) is 37.5 Å². The van der Waals surface area contributed by atoms with Gasteiger partial charge in [0.25, 0.3) is 17.8 Å². The van der Waals surface area contributed by atoms with Gasteiger partial charge in [0.2, 0.25) is 0 Å². The maximum atomic E-state index is 12.0. The molecule has 0 saturated carbocycles. The lowest BCUT2D eigenvalue weighted by atomic mass is 9.82. The summed E-state index contributed by atoms with van der Waals surface area (Å²) in [6.07, 6.45) is 1.60. The molecule has 1 rings (SSSR count). The Balaban J connectivity index is -0.000000636. The first-order valence-corrected chi connectivity index (χ1v) is 10.5. The number of nitrogens with zero attached hydrogens (tertiary/aromatic N) is 1. The van der Waals surface area contributed by atoms with Gasteiger partial charge in [-0.2, -0.15) is 22.3 Å². The monoisotopic (exact) mass is 486 g/mol. The number of rotatable bonds is 7. The molecule has 3 atom stereocenters. The number of nitrogens with one attached hydrogen (secondary N) is 1. The van der Waals surface area contributed by atoms with Crippen molar-refractivity contribution in [2.75, 3.05) is 13.1 Å². The molecule has 1 aliphatic heterocycles. The van der Waals surface area contributed by atoms with Gasteiger partial charge in [-0.3, -0.25) is 14.4 Å². The molecule has 15 nitrogen and oxygen atoms in total. The summed E-state index contributed by atoms with van der Waals surface area (Å²) in [6.45, 7) is 3.88. The van der Waals surface area contributed by atoms with Crippen molar-refractivity contribution in [3.63, 3.8) is 0 Å². The van der Waals surface area contributed by atoms with Gasteiger partial charge in [-0.25, -0.2) is 4.72 Å². The SMILES string of the molecule is CC(=O)O.CC(=O)O.CC(N)C(=O)NS(=O)(=O)N1C[C@H](CCCB(O)O)[C@@H](N)C1.O=C=O. The van der Waals surface area contributed by atoms with Crippen LogP contribution in [0.4, 0.5) is 0 Å². The Morgan fingerprint density at radius 1 is 1.16 bits per heavy atom. The number of carboxylic acids is 2. The molecule has 17 heteroatoms. The van der Waals surface area contributed by atoms with Gasteiger partial charge in [-0.1, -0.05) is 6.42 Å².